The molecule has 0 bridgehead atoms. The number of fused-ring (bicyclic) bond motifs is 1. The Morgan fingerprint density at radius 3 is 2.73 bits per heavy atom. The number of aromatic nitrogens is 2. The van der Waals surface area contributed by atoms with Crippen LogP contribution in [0.15, 0.2) is 53.3 Å². The molecule has 0 saturated carbocycles. The molecule has 0 aliphatic heterocycles. The molecule has 1 amide bonds. The van der Waals surface area contributed by atoms with Gasteiger partial charge in [-0.15, -0.1) is 11.3 Å². The van der Waals surface area contributed by atoms with Crippen LogP contribution in [-0.4, -0.2) is 28.5 Å². The summed E-state index contributed by atoms with van der Waals surface area (Å²) in [7, 11) is 0. The first-order valence-electron chi connectivity index (χ1n) is 9.12. The Labute approximate surface area is 183 Å². The van der Waals surface area contributed by atoms with Crippen LogP contribution in [0.25, 0.3) is 21.5 Å². The number of amides is 1. The van der Waals surface area contributed by atoms with Gasteiger partial charge in [-0.1, -0.05) is 0 Å². The van der Waals surface area contributed by atoms with Gasteiger partial charge in [0.05, 0.1) is 9.75 Å². The van der Waals surface area contributed by atoms with Crippen LogP contribution >= 0.6 is 27.3 Å². The molecule has 0 fully saturated rings. The Hall–Kier alpha value is -2.62. The number of thiophene rings is 1. The number of H-pyrrole nitrogens is 1. The van der Waals surface area contributed by atoms with Crippen molar-refractivity contribution >= 4 is 44.2 Å². The van der Waals surface area contributed by atoms with Crippen molar-refractivity contribution in [2.45, 2.75) is 12.5 Å². The molecule has 3 heterocycles. The predicted molar refractivity (Wildman–Crippen MR) is 117 cm³/mol. The number of aromatic amines is 1. The molecule has 4 rings (SSSR count). The summed E-state index contributed by atoms with van der Waals surface area (Å²) in [6.07, 6.45) is 3.75. The molecule has 1 aromatic carbocycles. The van der Waals surface area contributed by atoms with E-state index < -0.39 is 17.7 Å². The van der Waals surface area contributed by atoms with E-state index in [4.69, 9.17) is 5.73 Å². The summed E-state index contributed by atoms with van der Waals surface area (Å²) >= 11 is 4.88. The van der Waals surface area contributed by atoms with E-state index in [-0.39, 0.29) is 18.9 Å². The van der Waals surface area contributed by atoms with E-state index in [0.717, 1.165) is 32.0 Å². The number of nitrogens with one attached hydrogen (secondary N) is 2. The lowest BCUT2D eigenvalue weighted by Crippen LogP contribution is -2.41. The normalized spacial score (nSPS) is 12.3. The second kappa shape index (κ2) is 8.63. The van der Waals surface area contributed by atoms with Gasteiger partial charge in [0, 0.05) is 46.5 Å². The molecule has 0 spiro atoms. The van der Waals surface area contributed by atoms with Crippen LogP contribution in [0, 0.1) is 11.6 Å². The van der Waals surface area contributed by atoms with Crippen molar-refractivity contribution in [3.8, 4) is 10.4 Å². The highest BCUT2D eigenvalue weighted by Crippen LogP contribution is 2.39. The summed E-state index contributed by atoms with van der Waals surface area (Å²) in [5, 5.41) is 3.82. The van der Waals surface area contributed by atoms with Crippen LogP contribution in [-0.2, 0) is 6.42 Å². The van der Waals surface area contributed by atoms with Crippen LogP contribution in [0.2, 0.25) is 0 Å². The van der Waals surface area contributed by atoms with Gasteiger partial charge >= 0.3 is 0 Å². The molecular formula is C21H17BrF2N4OS. The van der Waals surface area contributed by atoms with Crippen LogP contribution in [0.1, 0.15) is 15.2 Å². The largest absolute Gasteiger partial charge is 0.347 e. The number of halogens is 3. The predicted octanol–water partition coefficient (Wildman–Crippen LogP) is 4.63. The summed E-state index contributed by atoms with van der Waals surface area (Å²) in [6, 6.07) is 8.42. The molecule has 0 unspecified atom stereocenters. The summed E-state index contributed by atoms with van der Waals surface area (Å²) in [5.74, 6) is -1.61. The zero-order chi connectivity index (χ0) is 21.3. The number of carbonyl (C=O) groups is 1. The molecule has 0 aliphatic rings. The Morgan fingerprint density at radius 1 is 1.23 bits per heavy atom. The summed E-state index contributed by atoms with van der Waals surface area (Å²) in [5.41, 5.74) is 7.94. The summed E-state index contributed by atoms with van der Waals surface area (Å²) < 4.78 is 27.7. The Kier molecular flexibility index (Phi) is 5.94. The number of hydrogen-bond acceptors (Lipinski definition) is 4. The fraction of sp³-hybridized carbons (Fsp3) is 0.143. The maximum atomic E-state index is 13.4. The van der Waals surface area contributed by atoms with Crippen LogP contribution in [0.5, 0.6) is 0 Å². The minimum absolute atomic E-state index is 0.137. The SMILES string of the molecule is NC[C@H](Cc1cc(F)cc(F)c1)NC(=O)c1cc(Br)c(-c2ccnc3[nH]ccc23)s1. The molecule has 0 aliphatic carbocycles. The van der Waals surface area contributed by atoms with Gasteiger partial charge in [-0.3, -0.25) is 4.79 Å². The topological polar surface area (TPSA) is 83.8 Å². The summed E-state index contributed by atoms with van der Waals surface area (Å²) in [6.45, 7) is 0.137. The third-order valence-corrected chi connectivity index (χ3v) is 6.69. The minimum Gasteiger partial charge on any atom is -0.347 e. The number of nitrogens with two attached hydrogens (primary N) is 1. The first-order valence-corrected chi connectivity index (χ1v) is 10.7. The Balaban J connectivity index is 1.55. The lowest BCUT2D eigenvalue weighted by molar-refractivity contribution is 0.0942. The van der Waals surface area contributed by atoms with Crippen LogP contribution in [0.4, 0.5) is 8.78 Å². The molecular weight excluding hydrogens is 474 g/mol. The molecule has 0 saturated heterocycles. The van der Waals surface area contributed by atoms with Crippen molar-refractivity contribution in [2.24, 2.45) is 5.73 Å². The van der Waals surface area contributed by atoms with Gasteiger partial charge in [0.1, 0.15) is 17.3 Å². The molecule has 5 nitrogen and oxygen atoms in total. The lowest BCUT2D eigenvalue weighted by atomic mass is 10.1. The highest BCUT2D eigenvalue weighted by atomic mass is 79.9. The maximum Gasteiger partial charge on any atom is 0.261 e. The van der Waals surface area contributed by atoms with Gasteiger partial charge in [-0.2, -0.15) is 0 Å². The number of carbonyl (C=O) groups excluding carboxylic acids is 1. The monoisotopic (exact) mass is 490 g/mol. The number of nitrogens with zero attached hydrogens (tertiary/aromatic N) is 1. The standard InChI is InChI=1S/C21H17BrF2N4OS/c22-17-9-18(30-19(17)15-1-3-26-20-16(15)2-4-27-20)21(29)28-14(10-25)7-11-5-12(23)8-13(24)6-11/h1-6,8-9,14H,7,10,25H2,(H,26,27)(H,28,29)/t14-/m0/s1. The molecule has 3 aromatic heterocycles. The van der Waals surface area contributed by atoms with E-state index in [1.54, 1.807) is 12.3 Å². The van der Waals surface area contributed by atoms with Crippen molar-refractivity contribution in [1.82, 2.24) is 15.3 Å². The van der Waals surface area contributed by atoms with Gasteiger partial charge in [-0.05, 0) is 58.2 Å². The van der Waals surface area contributed by atoms with E-state index >= 15 is 0 Å². The van der Waals surface area contributed by atoms with Gasteiger partial charge in [0.2, 0.25) is 0 Å². The smallest absolute Gasteiger partial charge is 0.261 e. The lowest BCUT2D eigenvalue weighted by Gasteiger charge is -2.16. The zero-order valence-electron chi connectivity index (χ0n) is 15.6. The van der Waals surface area contributed by atoms with E-state index in [1.165, 1.54) is 23.5 Å². The van der Waals surface area contributed by atoms with Crippen molar-refractivity contribution in [3.05, 3.63) is 75.3 Å². The van der Waals surface area contributed by atoms with E-state index in [0.29, 0.717) is 10.4 Å². The molecule has 4 aromatic rings. The third-order valence-electron chi connectivity index (χ3n) is 4.64. The Bertz CT molecular complexity index is 1200. The second-order valence-corrected chi connectivity index (χ2v) is 8.68. The van der Waals surface area contributed by atoms with Gasteiger partial charge in [-0.25, -0.2) is 13.8 Å². The van der Waals surface area contributed by atoms with E-state index in [2.05, 4.69) is 31.2 Å². The highest BCUT2D eigenvalue weighted by Gasteiger charge is 2.19. The molecule has 30 heavy (non-hydrogen) atoms. The van der Waals surface area contributed by atoms with Gasteiger partial charge < -0.3 is 16.0 Å². The maximum absolute atomic E-state index is 13.4. The zero-order valence-corrected chi connectivity index (χ0v) is 18.0. The molecule has 0 radical (unpaired) electrons. The van der Waals surface area contributed by atoms with Crippen molar-refractivity contribution in [2.75, 3.05) is 6.54 Å². The first kappa shape index (κ1) is 20.6. The molecule has 4 N–H and O–H groups in total. The van der Waals surface area contributed by atoms with Gasteiger partial charge in [0.25, 0.3) is 5.91 Å². The quantitative estimate of drug-likeness (QED) is 0.368. The third kappa shape index (κ3) is 4.28. The first-order chi connectivity index (χ1) is 14.4. The van der Waals surface area contributed by atoms with Crippen molar-refractivity contribution < 1.29 is 13.6 Å². The van der Waals surface area contributed by atoms with Crippen LogP contribution in [0.3, 0.4) is 0 Å². The fourth-order valence-corrected chi connectivity index (χ4v) is 5.12. The molecule has 154 valence electrons. The highest BCUT2D eigenvalue weighted by molar-refractivity contribution is 9.10. The second-order valence-electron chi connectivity index (χ2n) is 6.77. The van der Waals surface area contributed by atoms with Gasteiger partial charge in [0.15, 0.2) is 0 Å². The van der Waals surface area contributed by atoms with Crippen molar-refractivity contribution in [1.29, 1.82) is 0 Å². The summed E-state index contributed by atoms with van der Waals surface area (Å²) in [4.78, 5) is 21.6. The fourth-order valence-electron chi connectivity index (χ4n) is 3.29. The Morgan fingerprint density at radius 2 is 2.00 bits per heavy atom. The average Bonchev–Trinajstić information content (AvgIpc) is 3.33. The number of rotatable bonds is 6. The molecule has 9 heteroatoms. The number of benzene rings is 1. The molecule has 1 atom stereocenters. The number of hydrogen-bond donors (Lipinski definition) is 3. The van der Waals surface area contributed by atoms with E-state index in [9.17, 15) is 13.6 Å². The van der Waals surface area contributed by atoms with Crippen LogP contribution < -0.4 is 11.1 Å². The minimum atomic E-state index is -0.660. The average molecular weight is 491 g/mol. The van der Waals surface area contributed by atoms with E-state index in [1.807, 2.05) is 18.3 Å². The van der Waals surface area contributed by atoms with Crippen molar-refractivity contribution in [3.63, 3.8) is 0 Å². The number of pyridine rings is 1.